The van der Waals surface area contributed by atoms with Crippen LogP contribution in [0.5, 0.6) is 28.7 Å². The Bertz CT molecular complexity index is 747. The molecule has 6 heteroatoms. The minimum atomic E-state index is -0.886. The van der Waals surface area contributed by atoms with E-state index in [4.69, 9.17) is 9.47 Å². The lowest BCUT2D eigenvalue weighted by Gasteiger charge is -2.32. The molecule has 0 saturated heterocycles. The lowest BCUT2D eigenvalue weighted by molar-refractivity contribution is 0.0195. The van der Waals surface area contributed by atoms with E-state index in [0.29, 0.717) is 30.1 Å². The number of ether oxygens (including phenoxy) is 2. The molecule has 0 aromatic heterocycles. The molecule has 1 aliphatic heterocycles. The third kappa shape index (κ3) is 2.80. The maximum absolute atomic E-state index is 10.5. The normalized spacial score (nSPS) is 19.5. The van der Waals surface area contributed by atoms with Crippen molar-refractivity contribution in [3.05, 3.63) is 41.0 Å². The minimum Gasteiger partial charge on any atom is -0.504 e. The number of aromatic hydroxyl groups is 3. The van der Waals surface area contributed by atoms with Gasteiger partial charge in [0.25, 0.3) is 0 Å². The summed E-state index contributed by atoms with van der Waals surface area (Å²) >= 11 is 0. The van der Waals surface area contributed by atoms with Crippen LogP contribution in [0.2, 0.25) is 0 Å². The van der Waals surface area contributed by atoms with E-state index in [1.807, 2.05) is 26.0 Å². The van der Waals surface area contributed by atoms with Gasteiger partial charge in [0.2, 0.25) is 0 Å². The second-order valence-corrected chi connectivity index (χ2v) is 5.89. The molecule has 3 rings (SSSR count). The van der Waals surface area contributed by atoms with Gasteiger partial charge in [-0.3, -0.25) is 0 Å². The first-order chi connectivity index (χ1) is 11.4. The number of aryl methyl sites for hydroxylation is 1. The molecule has 0 aliphatic carbocycles. The van der Waals surface area contributed by atoms with Gasteiger partial charge in [-0.15, -0.1) is 0 Å². The minimum absolute atomic E-state index is 0.317. The first-order valence-electron chi connectivity index (χ1n) is 7.76. The van der Waals surface area contributed by atoms with Gasteiger partial charge in [-0.05, 0) is 43.7 Å². The van der Waals surface area contributed by atoms with E-state index in [-0.39, 0.29) is 0 Å². The smallest absolute Gasteiger partial charge is 0.200 e. The van der Waals surface area contributed by atoms with Gasteiger partial charge in [-0.1, -0.05) is 0 Å². The average Bonchev–Trinajstić information content (AvgIpc) is 2.52. The van der Waals surface area contributed by atoms with Crippen molar-refractivity contribution in [1.29, 1.82) is 0 Å². The van der Waals surface area contributed by atoms with Crippen LogP contribution in [0, 0.1) is 6.92 Å². The number of phenolic OH excluding ortho intramolecular Hbond substituents is 3. The second-order valence-electron chi connectivity index (χ2n) is 5.89. The third-order valence-electron chi connectivity index (χ3n) is 4.05. The van der Waals surface area contributed by atoms with E-state index < -0.39 is 29.5 Å². The SMILES string of the molecule is CCOc1cc(C)cc2c1CC(O)C(c1cc(O)c(O)c(O)c1)O2. The number of benzene rings is 2. The Kier molecular flexibility index (Phi) is 4.15. The van der Waals surface area contributed by atoms with Gasteiger partial charge < -0.3 is 29.9 Å². The monoisotopic (exact) mass is 332 g/mol. The molecule has 1 aliphatic rings. The van der Waals surface area contributed by atoms with Gasteiger partial charge in [0.1, 0.15) is 11.5 Å². The molecule has 0 amide bonds. The van der Waals surface area contributed by atoms with E-state index in [0.717, 1.165) is 11.1 Å². The number of aliphatic hydroxyl groups excluding tert-OH is 1. The van der Waals surface area contributed by atoms with E-state index in [2.05, 4.69) is 0 Å². The van der Waals surface area contributed by atoms with Crippen molar-refractivity contribution >= 4 is 0 Å². The highest BCUT2D eigenvalue weighted by Gasteiger charge is 2.33. The molecule has 0 saturated carbocycles. The van der Waals surface area contributed by atoms with E-state index in [1.54, 1.807) is 0 Å². The van der Waals surface area contributed by atoms with Crippen LogP contribution >= 0.6 is 0 Å². The first kappa shape index (κ1) is 16.3. The van der Waals surface area contributed by atoms with Crippen LogP contribution in [-0.2, 0) is 6.42 Å². The van der Waals surface area contributed by atoms with Gasteiger partial charge in [0.05, 0.1) is 12.7 Å². The Morgan fingerprint density at radius 1 is 1.12 bits per heavy atom. The molecule has 2 unspecified atom stereocenters. The fourth-order valence-electron chi connectivity index (χ4n) is 2.95. The molecule has 2 aromatic carbocycles. The number of hydrogen-bond donors (Lipinski definition) is 4. The van der Waals surface area contributed by atoms with Crippen LogP contribution in [0.4, 0.5) is 0 Å². The first-order valence-corrected chi connectivity index (χ1v) is 7.76. The molecule has 128 valence electrons. The van der Waals surface area contributed by atoms with E-state index in [1.165, 1.54) is 12.1 Å². The Morgan fingerprint density at radius 3 is 2.42 bits per heavy atom. The molecular formula is C18H20O6. The standard InChI is InChI=1S/C18H20O6/c1-3-23-15-4-9(2)5-16-11(15)8-14(21)18(24-16)10-6-12(19)17(22)13(20)7-10/h4-7,14,18-22H,3,8H2,1-2H3. The number of rotatable bonds is 3. The number of fused-ring (bicyclic) bond motifs is 1. The van der Waals surface area contributed by atoms with Crippen molar-refractivity contribution in [2.24, 2.45) is 0 Å². The second kappa shape index (κ2) is 6.13. The van der Waals surface area contributed by atoms with Crippen LogP contribution < -0.4 is 9.47 Å². The fourth-order valence-corrected chi connectivity index (χ4v) is 2.95. The third-order valence-corrected chi connectivity index (χ3v) is 4.05. The van der Waals surface area contributed by atoms with Crippen molar-refractivity contribution in [3.8, 4) is 28.7 Å². The lowest BCUT2D eigenvalue weighted by atomic mass is 9.93. The lowest BCUT2D eigenvalue weighted by Crippen LogP contribution is -2.30. The molecule has 0 fully saturated rings. The number of phenols is 3. The van der Waals surface area contributed by atoms with E-state index >= 15 is 0 Å². The Morgan fingerprint density at radius 2 is 1.79 bits per heavy atom. The summed E-state index contributed by atoms with van der Waals surface area (Å²) in [4.78, 5) is 0. The predicted octanol–water partition coefficient (Wildman–Crippen LogP) is 2.55. The summed E-state index contributed by atoms with van der Waals surface area (Å²) in [7, 11) is 0. The summed E-state index contributed by atoms with van der Waals surface area (Å²) < 4.78 is 11.5. The summed E-state index contributed by atoms with van der Waals surface area (Å²) in [6.07, 6.45) is -1.34. The van der Waals surface area contributed by atoms with Gasteiger partial charge in [0.15, 0.2) is 23.4 Å². The van der Waals surface area contributed by atoms with Crippen LogP contribution in [0.15, 0.2) is 24.3 Å². The zero-order valence-electron chi connectivity index (χ0n) is 13.5. The fraction of sp³-hybridized carbons (Fsp3) is 0.333. The molecule has 0 bridgehead atoms. The summed E-state index contributed by atoms with van der Waals surface area (Å²) in [5.74, 6) is -0.252. The van der Waals surface area contributed by atoms with Crippen LogP contribution in [-0.4, -0.2) is 33.1 Å². The number of hydrogen-bond acceptors (Lipinski definition) is 6. The molecule has 0 spiro atoms. The largest absolute Gasteiger partial charge is 0.504 e. The summed E-state index contributed by atoms with van der Waals surface area (Å²) in [6, 6.07) is 6.30. The molecule has 6 nitrogen and oxygen atoms in total. The van der Waals surface area contributed by atoms with Crippen LogP contribution in [0.1, 0.15) is 29.7 Å². The highest BCUT2D eigenvalue weighted by Crippen LogP contribution is 2.44. The van der Waals surface area contributed by atoms with Gasteiger partial charge in [-0.25, -0.2) is 0 Å². The molecule has 2 atom stereocenters. The Labute approximate surface area is 139 Å². The highest BCUT2D eigenvalue weighted by atomic mass is 16.5. The molecule has 1 heterocycles. The Hall–Kier alpha value is -2.60. The zero-order chi connectivity index (χ0) is 17.4. The van der Waals surface area contributed by atoms with Crippen molar-refractivity contribution in [3.63, 3.8) is 0 Å². The molecule has 0 radical (unpaired) electrons. The number of aliphatic hydroxyl groups is 1. The van der Waals surface area contributed by atoms with Gasteiger partial charge >= 0.3 is 0 Å². The van der Waals surface area contributed by atoms with Gasteiger partial charge in [-0.2, -0.15) is 0 Å². The van der Waals surface area contributed by atoms with Gasteiger partial charge in [0, 0.05) is 17.5 Å². The predicted molar refractivity (Wildman–Crippen MR) is 86.9 cm³/mol. The molecule has 4 N–H and O–H groups in total. The average molecular weight is 332 g/mol. The summed E-state index contributed by atoms with van der Waals surface area (Å²) in [5, 5.41) is 39.3. The van der Waals surface area contributed by atoms with Crippen molar-refractivity contribution in [2.45, 2.75) is 32.5 Å². The van der Waals surface area contributed by atoms with E-state index in [9.17, 15) is 20.4 Å². The quantitative estimate of drug-likeness (QED) is 0.645. The summed E-state index contributed by atoms with van der Waals surface area (Å²) in [5.41, 5.74) is 2.13. The van der Waals surface area contributed by atoms with Crippen molar-refractivity contribution in [2.75, 3.05) is 6.61 Å². The van der Waals surface area contributed by atoms with Crippen LogP contribution in [0.3, 0.4) is 0 Å². The maximum atomic E-state index is 10.5. The Balaban J connectivity index is 2.01. The van der Waals surface area contributed by atoms with Crippen LogP contribution in [0.25, 0.3) is 0 Å². The zero-order valence-corrected chi connectivity index (χ0v) is 13.5. The highest BCUT2D eigenvalue weighted by molar-refractivity contribution is 5.54. The molecular weight excluding hydrogens is 312 g/mol. The maximum Gasteiger partial charge on any atom is 0.200 e. The van der Waals surface area contributed by atoms with Crippen molar-refractivity contribution < 1.29 is 29.9 Å². The summed E-state index contributed by atoms with van der Waals surface area (Å²) in [6.45, 7) is 4.32. The van der Waals surface area contributed by atoms with Crippen molar-refractivity contribution in [1.82, 2.24) is 0 Å². The molecule has 2 aromatic rings. The topological polar surface area (TPSA) is 99.4 Å². The molecule has 24 heavy (non-hydrogen) atoms.